The molecule has 1 aliphatic rings. The number of anilines is 1. The van der Waals surface area contributed by atoms with Gasteiger partial charge in [0.05, 0.1) is 5.41 Å². The largest absolute Gasteiger partial charge is 0.399 e. The summed E-state index contributed by atoms with van der Waals surface area (Å²) < 4.78 is 0. The number of nitrogens with zero attached hydrogens (tertiary/aromatic N) is 1. The highest BCUT2D eigenvalue weighted by Gasteiger charge is 2.52. The molecule has 1 aromatic rings. The van der Waals surface area contributed by atoms with E-state index in [0.29, 0.717) is 5.92 Å². The fraction of sp³-hybridized carbons (Fsp3) is 0.562. The summed E-state index contributed by atoms with van der Waals surface area (Å²) in [4.78, 5) is 14.8. The summed E-state index contributed by atoms with van der Waals surface area (Å²) in [5.41, 5.74) is 7.33. The summed E-state index contributed by atoms with van der Waals surface area (Å²) in [5, 5.41) is 0. The Balaban J connectivity index is 2.19. The van der Waals surface area contributed by atoms with Crippen LogP contribution in [0.1, 0.15) is 39.2 Å². The number of rotatable bonds is 5. The number of carbonyl (C=O) groups is 1. The molecule has 0 unspecified atom stereocenters. The van der Waals surface area contributed by atoms with E-state index in [9.17, 15) is 4.79 Å². The van der Waals surface area contributed by atoms with Gasteiger partial charge in [0.15, 0.2) is 0 Å². The lowest BCUT2D eigenvalue weighted by Gasteiger charge is -2.28. The van der Waals surface area contributed by atoms with Gasteiger partial charge in [-0.2, -0.15) is 0 Å². The molecule has 1 fully saturated rings. The first kappa shape index (κ1) is 13.9. The van der Waals surface area contributed by atoms with E-state index in [2.05, 4.69) is 20.8 Å². The number of carbonyl (C=O) groups excluding carboxylic acids is 1. The molecule has 0 atom stereocenters. The van der Waals surface area contributed by atoms with Gasteiger partial charge in [-0.15, -0.1) is 0 Å². The predicted molar refractivity (Wildman–Crippen MR) is 78.9 cm³/mol. The second-order valence-corrected chi connectivity index (χ2v) is 5.94. The number of nitrogen functional groups attached to an aromatic ring is 1. The molecule has 104 valence electrons. The quantitative estimate of drug-likeness (QED) is 0.827. The molecule has 1 aromatic carbocycles. The first-order valence-corrected chi connectivity index (χ1v) is 7.15. The van der Waals surface area contributed by atoms with Crippen molar-refractivity contribution in [1.29, 1.82) is 0 Å². The lowest BCUT2D eigenvalue weighted by atomic mass is 9.93. The maximum Gasteiger partial charge on any atom is 0.233 e. The zero-order chi connectivity index (χ0) is 14.0. The van der Waals surface area contributed by atoms with Crippen LogP contribution < -0.4 is 5.73 Å². The topological polar surface area (TPSA) is 46.3 Å². The third-order valence-corrected chi connectivity index (χ3v) is 3.88. The predicted octanol–water partition coefficient (Wildman–Crippen LogP) is 2.80. The fourth-order valence-electron chi connectivity index (χ4n) is 2.65. The van der Waals surface area contributed by atoms with Gasteiger partial charge in [-0.3, -0.25) is 4.79 Å². The zero-order valence-corrected chi connectivity index (χ0v) is 12.1. The minimum atomic E-state index is -0.265. The van der Waals surface area contributed by atoms with Gasteiger partial charge >= 0.3 is 0 Å². The van der Waals surface area contributed by atoms with Crippen LogP contribution in [0.25, 0.3) is 0 Å². The van der Waals surface area contributed by atoms with Crippen molar-refractivity contribution in [2.75, 3.05) is 18.8 Å². The zero-order valence-electron chi connectivity index (χ0n) is 12.1. The van der Waals surface area contributed by atoms with Gasteiger partial charge in [-0.25, -0.2) is 0 Å². The Labute approximate surface area is 115 Å². The van der Waals surface area contributed by atoms with E-state index in [0.717, 1.165) is 37.2 Å². The molecular formula is C16H24N2O. The molecule has 0 spiro atoms. The van der Waals surface area contributed by atoms with Gasteiger partial charge in [0.25, 0.3) is 0 Å². The number of hydrogen-bond donors (Lipinski definition) is 1. The molecule has 1 aliphatic carbocycles. The van der Waals surface area contributed by atoms with Gasteiger partial charge in [-0.05, 0) is 43.4 Å². The van der Waals surface area contributed by atoms with Crippen LogP contribution in [0.15, 0.2) is 24.3 Å². The minimum Gasteiger partial charge on any atom is -0.399 e. The van der Waals surface area contributed by atoms with Crippen LogP contribution in [0, 0.1) is 5.92 Å². The van der Waals surface area contributed by atoms with Crippen LogP contribution in [0.3, 0.4) is 0 Å². The Kier molecular flexibility index (Phi) is 3.83. The minimum absolute atomic E-state index is 0.265. The van der Waals surface area contributed by atoms with Crippen molar-refractivity contribution in [2.45, 2.75) is 39.0 Å². The first-order valence-electron chi connectivity index (χ1n) is 7.15. The van der Waals surface area contributed by atoms with E-state index in [1.807, 2.05) is 29.2 Å². The Bertz CT molecular complexity index is 446. The number of benzene rings is 1. The summed E-state index contributed by atoms with van der Waals surface area (Å²) in [6, 6.07) is 7.79. The lowest BCUT2D eigenvalue weighted by Crippen LogP contribution is -2.41. The van der Waals surface area contributed by atoms with Crippen molar-refractivity contribution in [3.05, 3.63) is 29.8 Å². The second kappa shape index (κ2) is 5.24. The third kappa shape index (κ3) is 2.75. The van der Waals surface area contributed by atoms with E-state index < -0.39 is 0 Å². The fourth-order valence-corrected chi connectivity index (χ4v) is 2.65. The maximum absolute atomic E-state index is 12.8. The van der Waals surface area contributed by atoms with E-state index in [1.165, 1.54) is 0 Å². The molecule has 0 heterocycles. The van der Waals surface area contributed by atoms with Crippen molar-refractivity contribution in [3.63, 3.8) is 0 Å². The van der Waals surface area contributed by atoms with E-state index in [-0.39, 0.29) is 11.3 Å². The van der Waals surface area contributed by atoms with E-state index in [4.69, 9.17) is 5.73 Å². The molecule has 0 aromatic heterocycles. The molecule has 3 nitrogen and oxygen atoms in total. The molecular weight excluding hydrogens is 236 g/mol. The summed E-state index contributed by atoms with van der Waals surface area (Å²) in [6.07, 6.45) is 1.93. The number of amides is 1. The van der Waals surface area contributed by atoms with Gasteiger partial charge in [0.2, 0.25) is 5.91 Å². The molecule has 19 heavy (non-hydrogen) atoms. The second-order valence-electron chi connectivity index (χ2n) is 5.94. The van der Waals surface area contributed by atoms with Crippen molar-refractivity contribution in [3.8, 4) is 0 Å². The molecule has 0 bridgehead atoms. The molecule has 0 aliphatic heterocycles. The Morgan fingerprint density at radius 2 is 1.89 bits per heavy atom. The Morgan fingerprint density at radius 3 is 2.32 bits per heavy atom. The molecule has 2 N–H and O–H groups in total. The summed E-state index contributed by atoms with van der Waals surface area (Å²) >= 11 is 0. The number of hydrogen-bond acceptors (Lipinski definition) is 2. The molecule has 0 saturated heterocycles. The first-order chi connectivity index (χ1) is 8.99. The summed E-state index contributed by atoms with van der Waals surface area (Å²) in [5.74, 6) is 0.791. The van der Waals surface area contributed by atoms with Crippen LogP contribution in [0.2, 0.25) is 0 Å². The average molecular weight is 260 g/mol. The normalized spacial score (nSPS) is 16.4. The number of likely N-dealkylation sites (N-methyl/N-ethyl adjacent to an activating group) is 1. The summed E-state index contributed by atoms with van der Waals surface area (Å²) in [7, 11) is 0. The molecule has 2 rings (SSSR count). The smallest absolute Gasteiger partial charge is 0.233 e. The van der Waals surface area contributed by atoms with E-state index >= 15 is 0 Å². The SMILES string of the molecule is CCN(CC(C)C)C(=O)C1(c2ccc(N)cc2)CC1. The van der Waals surface area contributed by atoms with Crippen LogP contribution >= 0.6 is 0 Å². The standard InChI is InChI=1S/C16H24N2O/c1-4-18(11-12(2)3)15(19)16(9-10-16)13-5-7-14(17)8-6-13/h5-8,12H,4,9-11,17H2,1-3H3. The molecule has 0 radical (unpaired) electrons. The average Bonchev–Trinajstić information content (AvgIpc) is 3.17. The third-order valence-electron chi connectivity index (χ3n) is 3.88. The van der Waals surface area contributed by atoms with Crippen molar-refractivity contribution in [2.24, 2.45) is 5.92 Å². The van der Waals surface area contributed by atoms with Crippen LogP contribution in [-0.4, -0.2) is 23.9 Å². The van der Waals surface area contributed by atoms with Crippen LogP contribution in [-0.2, 0) is 10.2 Å². The van der Waals surface area contributed by atoms with Crippen molar-refractivity contribution < 1.29 is 4.79 Å². The molecule has 1 amide bonds. The highest BCUT2D eigenvalue weighted by molar-refractivity contribution is 5.91. The van der Waals surface area contributed by atoms with Gasteiger partial charge < -0.3 is 10.6 Å². The van der Waals surface area contributed by atoms with E-state index in [1.54, 1.807) is 0 Å². The highest BCUT2D eigenvalue weighted by atomic mass is 16.2. The monoisotopic (exact) mass is 260 g/mol. The molecule has 1 saturated carbocycles. The number of nitrogens with two attached hydrogens (primary N) is 1. The lowest BCUT2D eigenvalue weighted by molar-refractivity contribution is -0.134. The summed E-state index contributed by atoms with van der Waals surface area (Å²) in [6.45, 7) is 7.98. The van der Waals surface area contributed by atoms with Crippen molar-refractivity contribution >= 4 is 11.6 Å². The van der Waals surface area contributed by atoms with Gasteiger partial charge in [-0.1, -0.05) is 26.0 Å². The Morgan fingerprint density at radius 1 is 1.32 bits per heavy atom. The maximum atomic E-state index is 12.8. The molecule has 3 heteroatoms. The van der Waals surface area contributed by atoms with Gasteiger partial charge in [0, 0.05) is 18.8 Å². The van der Waals surface area contributed by atoms with Crippen LogP contribution in [0.4, 0.5) is 5.69 Å². The highest BCUT2D eigenvalue weighted by Crippen LogP contribution is 2.49. The van der Waals surface area contributed by atoms with Crippen LogP contribution in [0.5, 0.6) is 0 Å². The Hall–Kier alpha value is -1.51. The van der Waals surface area contributed by atoms with Gasteiger partial charge in [0.1, 0.15) is 0 Å². The van der Waals surface area contributed by atoms with Crippen molar-refractivity contribution in [1.82, 2.24) is 4.90 Å².